The second-order valence-corrected chi connectivity index (χ2v) is 23.0. The van der Waals surface area contributed by atoms with Gasteiger partial charge in [-0.1, -0.05) is 32.1 Å². The fourth-order valence-electron chi connectivity index (χ4n) is 9.30. The van der Waals surface area contributed by atoms with Crippen molar-refractivity contribution in [2.45, 2.75) is 93.3 Å². The van der Waals surface area contributed by atoms with Crippen molar-refractivity contribution in [2.24, 2.45) is 0 Å². The number of allylic oxidation sites excluding steroid dienone is 7. The van der Waals surface area contributed by atoms with Crippen LogP contribution in [0.15, 0.2) is 117 Å². The van der Waals surface area contributed by atoms with Crippen molar-refractivity contribution in [3.63, 3.8) is 0 Å². The van der Waals surface area contributed by atoms with Crippen LogP contribution in [0.4, 0.5) is 11.4 Å². The van der Waals surface area contributed by atoms with E-state index < -0.39 is 37.0 Å². The number of rotatable bonds is 19. The van der Waals surface area contributed by atoms with Gasteiger partial charge in [-0.25, -0.2) is 4.79 Å². The van der Waals surface area contributed by atoms with Gasteiger partial charge in [0.05, 0.1) is 62.8 Å². The maximum atomic E-state index is 12.9. The summed E-state index contributed by atoms with van der Waals surface area (Å²) in [7, 11) is 3.38. The number of anilines is 1. The Morgan fingerprint density at radius 3 is 2.21 bits per heavy atom. The fraction of sp³-hybridized carbons (Fsp3) is 0.451. The normalized spacial score (nSPS) is 18.4. The molecular formula is C51H68N4O10S2+2. The number of benzene rings is 3. The van der Waals surface area contributed by atoms with Crippen molar-refractivity contribution in [2.75, 3.05) is 73.4 Å². The third kappa shape index (κ3) is 11.9. The van der Waals surface area contributed by atoms with Crippen LogP contribution in [0.5, 0.6) is 5.75 Å². The van der Waals surface area contributed by atoms with Gasteiger partial charge in [-0.2, -0.15) is 26.7 Å². The van der Waals surface area contributed by atoms with E-state index in [-0.39, 0.29) is 16.2 Å². The van der Waals surface area contributed by atoms with Gasteiger partial charge < -0.3 is 23.9 Å². The van der Waals surface area contributed by atoms with Crippen LogP contribution in [-0.4, -0.2) is 121 Å². The molecule has 0 fully saturated rings. The third-order valence-electron chi connectivity index (χ3n) is 13.0. The number of carbonyl (C=O) groups excluding carboxylic acids is 1. The SMILES string of the molecule is COS(=O)(=O)c1ccc2c(c1)C(C)(C)C(/C=C/C1=C(Oc3ccc(CCC(=O)OO)cc3)C(=C/C=C3/N(CCCN(C)C)c4ccc(S(=O)(=O)O)cc4C3(C)C)/CCC1)=[N+]2CCC[N+](C)(C)C. The molecule has 6 rings (SSSR count). The van der Waals surface area contributed by atoms with Crippen LogP contribution in [0.25, 0.3) is 0 Å². The zero-order chi connectivity index (χ0) is 49.1. The average Bonchev–Trinajstić information content (AvgIpc) is 3.61. The molecule has 0 unspecified atom stereocenters. The van der Waals surface area contributed by atoms with Gasteiger partial charge in [0, 0.05) is 41.1 Å². The summed E-state index contributed by atoms with van der Waals surface area (Å²) in [4.78, 5) is 19.8. The molecule has 362 valence electrons. The predicted molar refractivity (Wildman–Crippen MR) is 261 cm³/mol. The van der Waals surface area contributed by atoms with Gasteiger partial charge in [-0.3, -0.25) is 8.74 Å². The highest BCUT2D eigenvalue weighted by atomic mass is 32.2. The van der Waals surface area contributed by atoms with Crippen LogP contribution in [0.3, 0.4) is 0 Å². The molecule has 3 aromatic rings. The number of ether oxygens (including phenoxy) is 1. The minimum atomic E-state index is -4.43. The molecule has 0 aromatic heterocycles. The molecular weight excluding hydrogens is 893 g/mol. The Hall–Kier alpha value is -4.94. The highest BCUT2D eigenvalue weighted by molar-refractivity contribution is 7.86. The molecule has 2 heterocycles. The predicted octanol–water partition coefficient (Wildman–Crippen LogP) is 8.32. The Morgan fingerprint density at radius 1 is 0.881 bits per heavy atom. The molecule has 0 radical (unpaired) electrons. The molecule has 67 heavy (non-hydrogen) atoms. The molecule has 2 aliphatic heterocycles. The Balaban J connectivity index is 1.48. The standard InChI is InChI=1S/C51H66N4O10S2/c1-50(2)42-34-40(66(58,59)60)23-25-44(42)53(31-12-30-52(5)6)46(50)27-19-37-14-11-15-38(49(37)64-39-21-16-36(17-22-39)18-29-48(56)65-57)20-28-47-51(3,4)43-35-41(67(61,62)63-10)24-26-45(43)54(47)32-13-33-55(7,8)9/h16-17,19-28,34-35H,11-15,18,29-33H2,1-10H3/p+2. The molecule has 3 aromatic carbocycles. The summed E-state index contributed by atoms with van der Waals surface area (Å²) in [6.07, 6.45) is 13.0. The molecule has 16 heteroatoms. The van der Waals surface area contributed by atoms with E-state index in [4.69, 9.17) is 14.2 Å². The van der Waals surface area contributed by atoms with Crippen molar-refractivity contribution in [1.82, 2.24) is 4.90 Å². The maximum Gasteiger partial charge on any atom is 0.342 e. The van der Waals surface area contributed by atoms with E-state index in [2.05, 4.69) is 92.4 Å². The van der Waals surface area contributed by atoms with Crippen LogP contribution in [0.1, 0.15) is 82.9 Å². The second kappa shape index (κ2) is 20.3. The Labute approximate surface area is 397 Å². The van der Waals surface area contributed by atoms with Crippen molar-refractivity contribution < 1.29 is 54.3 Å². The maximum absolute atomic E-state index is 12.9. The largest absolute Gasteiger partial charge is 0.457 e. The van der Waals surface area contributed by atoms with E-state index in [0.717, 1.165) is 107 Å². The Bertz CT molecular complexity index is 2740. The number of hydrogen-bond acceptors (Lipinski definition) is 11. The van der Waals surface area contributed by atoms with Crippen molar-refractivity contribution >= 4 is 43.3 Å². The van der Waals surface area contributed by atoms with Crippen molar-refractivity contribution in [1.29, 1.82) is 0 Å². The zero-order valence-electron chi connectivity index (χ0n) is 40.6. The Kier molecular flexibility index (Phi) is 15.6. The number of nitrogens with zero attached hydrogens (tertiary/aromatic N) is 4. The van der Waals surface area contributed by atoms with Gasteiger partial charge in [-0.15, -0.1) is 0 Å². The van der Waals surface area contributed by atoms with Crippen molar-refractivity contribution in [3.05, 3.63) is 124 Å². The minimum absolute atomic E-state index is 0.0246. The van der Waals surface area contributed by atoms with Gasteiger partial charge in [0.1, 0.15) is 11.5 Å². The number of hydrogen-bond donors (Lipinski definition) is 2. The lowest BCUT2D eigenvalue weighted by atomic mass is 9.81. The number of quaternary nitrogens is 1. The van der Waals surface area contributed by atoms with E-state index in [1.807, 2.05) is 44.4 Å². The van der Waals surface area contributed by atoms with Gasteiger partial charge >= 0.3 is 5.97 Å². The van der Waals surface area contributed by atoms with Crippen LogP contribution in [0.2, 0.25) is 0 Å². The first kappa shape index (κ1) is 51.5. The summed E-state index contributed by atoms with van der Waals surface area (Å²) in [5.74, 6) is 0.591. The highest BCUT2D eigenvalue weighted by Crippen LogP contribution is 2.49. The van der Waals surface area contributed by atoms with E-state index in [1.165, 1.54) is 13.2 Å². The second-order valence-electron chi connectivity index (χ2n) is 19.9. The number of carbonyl (C=O) groups is 1. The van der Waals surface area contributed by atoms with E-state index in [1.54, 1.807) is 24.3 Å². The molecule has 1 aliphatic carbocycles. The van der Waals surface area contributed by atoms with Gasteiger partial charge in [0.2, 0.25) is 5.69 Å². The summed E-state index contributed by atoms with van der Waals surface area (Å²) >= 11 is 0. The first-order valence-corrected chi connectivity index (χ1v) is 25.6. The third-order valence-corrected chi connectivity index (χ3v) is 15.1. The van der Waals surface area contributed by atoms with Crippen LogP contribution in [0, 0.1) is 0 Å². The molecule has 0 spiro atoms. The van der Waals surface area contributed by atoms with Crippen LogP contribution < -0.4 is 9.64 Å². The molecule has 14 nitrogen and oxygen atoms in total. The molecule has 0 amide bonds. The lowest BCUT2D eigenvalue weighted by molar-refractivity contribution is -0.871. The molecule has 0 atom stereocenters. The monoisotopic (exact) mass is 960 g/mol. The first-order valence-electron chi connectivity index (χ1n) is 22.8. The first-order chi connectivity index (χ1) is 31.4. The molecule has 3 aliphatic rings. The average molecular weight is 961 g/mol. The summed E-state index contributed by atoms with van der Waals surface area (Å²) in [5.41, 5.74) is 7.17. The van der Waals surface area contributed by atoms with E-state index in [0.29, 0.717) is 24.5 Å². The van der Waals surface area contributed by atoms with Crippen LogP contribution in [-0.2, 0) is 51.4 Å². The summed E-state index contributed by atoms with van der Waals surface area (Å²) in [6.45, 7) is 11.6. The topological polar surface area (TPSA) is 163 Å². The summed E-state index contributed by atoms with van der Waals surface area (Å²) in [5, 5.41) is 8.75. The fourth-order valence-corrected chi connectivity index (χ4v) is 10.5. The van der Waals surface area contributed by atoms with Gasteiger partial charge in [0.15, 0.2) is 12.3 Å². The number of fused-ring (bicyclic) bond motifs is 2. The highest BCUT2D eigenvalue weighted by Gasteiger charge is 2.45. The minimum Gasteiger partial charge on any atom is -0.457 e. The lowest BCUT2D eigenvalue weighted by Crippen LogP contribution is -2.36. The van der Waals surface area contributed by atoms with Crippen molar-refractivity contribution in [3.8, 4) is 5.75 Å². The number of aryl methyl sites for hydroxylation is 1. The van der Waals surface area contributed by atoms with E-state index >= 15 is 0 Å². The van der Waals surface area contributed by atoms with Crippen LogP contribution >= 0.6 is 0 Å². The van der Waals surface area contributed by atoms with Gasteiger partial charge in [-0.05, 0) is 143 Å². The smallest absolute Gasteiger partial charge is 0.342 e. The van der Waals surface area contributed by atoms with E-state index in [9.17, 15) is 26.2 Å². The van der Waals surface area contributed by atoms with Gasteiger partial charge in [0.25, 0.3) is 20.2 Å². The molecule has 0 saturated carbocycles. The Morgan fingerprint density at radius 2 is 1.57 bits per heavy atom. The molecule has 0 saturated heterocycles. The zero-order valence-corrected chi connectivity index (χ0v) is 42.3. The summed E-state index contributed by atoms with van der Waals surface area (Å²) < 4.78 is 75.4. The molecule has 2 N–H and O–H groups in total. The lowest BCUT2D eigenvalue weighted by Gasteiger charge is -2.28. The summed E-state index contributed by atoms with van der Waals surface area (Å²) in [6, 6.07) is 17.5. The quantitative estimate of drug-likeness (QED) is 0.0296. The molecule has 0 bridgehead atoms.